The van der Waals surface area contributed by atoms with Gasteiger partial charge in [-0.3, -0.25) is 14.4 Å². The summed E-state index contributed by atoms with van der Waals surface area (Å²) in [7, 11) is 0. The molecule has 23 heavy (non-hydrogen) atoms. The molecule has 1 unspecified atom stereocenters. The lowest BCUT2D eigenvalue weighted by atomic mass is 10.1. The number of aliphatic carboxylic acids is 1. The number of carboxylic acids is 1. The average Bonchev–Trinajstić information content (AvgIpc) is 2.88. The lowest BCUT2D eigenvalue weighted by Gasteiger charge is -2.17. The number of rotatable bonds is 6. The molecule has 1 aliphatic rings. The zero-order valence-corrected chi connectivity index (χ0v) is 14.4. The van der Waals surface area contributed by atoms with Crippen molar-refractivity contribution in [1.82, 2.24) is 5.32 Å². The molecule has 124 valence electrons. The van der Waals surface area contributed by atoms with Gasteiger partial charge in [0.2, 0.25) is 11.8 Å². The smallest absolute Gasteiger partial charge is 0.303 e. The third-order valence-electron chi connectivity index (χ3n) is 3.82. The molecule has 0 aromatic heterocycles. The van der Waals surface area contributed by atoms with Crippen LogP contribution in [-0.4, -0.2) is 36.0 Å². The topological polar surface area (TPSA) is 86.7 Å². The first-order valence-electron chi connectivity index (χ1n) is 7.44. The summed E-state index contributed by atoms with van der Waals surface area (Å²) in [5.41, 5.74) is 1.81. The maximum Gasteiger partial charge on any atom is 0.303 e. The van der Waals surface area contributed by atoms with Crippen molar-refractivity contribution in [2.24, 2.45) is 5.92 Å². The maximum absolute atomic E-state index is 12.2. The first kappa shape index (κ1) is 17.5. The Hall–Kier alpha value is -1.89. The Morgan fingerprint density at radius 3 is 2.83 bits per heavy atom. The van der Waals surface area contributed by atoms with Crippen LogP contribution in [0.2, 0.25) is 0 Å². The van der Waals surface area contributed by atoms with Crippen LogP contribution in [0.5, 0.6) is 0 Å². The molecule has 0 spiro atoms. The molecule has 1 aromatic carbocycles. The average molecular weight is 383 g/mol. The minimum atomic E-state index is -0.882. The van der Waals surface area contributed by atoms with Crippen molar-refractivity contribution in [1.29, 1.82) is 0 Å². The van der Waals surface area contributed by atoms with E-state index in [4.69, 9.17) is 5.11 Å². The molecule has 2 amide bonds. The molecule has 0 saturated carbocycles. The minimum absolute atomic E-state index is 0.0220. The van der Waals surface area contributed by atoms with E-state index in [1.807, 2.05) is 25.1 Å². The Labute approximate surface area is 143 Å². The van der Waals surface area contributed by atoms with Crippen LogP contribution in [0.1, 0.15) is 24.8 Å². The van der Waals surface area contributed by atoms with Crippen molar-refractivity contribution in [3.8, 4) is 0 Å². The third-order valence-corrected chi connectivity index (χ3v) is 4.71. The van der Waals surface area contributed by atoms with Crippen LogP contribution in [0, 0.1) is 12.8 Å². The maximum atomic E-state index is 12.2. The standard InChI is InChI=1S/C16H19BrN2O4/c1-10-7-12(4-5-13(10)17)19-9-11(8-14(19)20)16(23)18-6-2-3-15(21)22/h4-5,7,11H,2-3,6,8-9H2,1H3,(H,18,23)(H,21,22). The number of carbonyl (C=O) groups excluding carboxylic acids is 2. The summed E-state index contributed by atoms with van der Waals surface area (Å²) >= 11 is 3.42. The predicted molar refractivity (Wildman–Crippen MR) is 89.2 cm³/mol. The van der Waals surface area contributed by atoms with Crippen molar-refractivity contribution in [2.75, 3.05) is 18.0 Å². The second-order valence-electron chi connectivity index (χ2n) is 5.63. The zero-order chi connectivity index (χ0) is 17.0. The Kier molecular flexibility index (Phi) is 5.76. The highest BCUT2D eigenvalue weighted by Crippen LogP contribution is 2.28. The van der Waals surface area contributed by atoms with Crippen LogP contribution in [0.4, 0.5) is 5.69 Å². The van der Waals surface area contributed by atoms with Gasteiger partial charge in [0.15, 0.2) is 0 Å². The van der Waals surface area contributed by atoms with Gasteiger partial charge in [-0.25, -0.2) is 0 Å². The lowest BCUT2D eigenvalue weighted by molar-refractivity contribution is -0.137. The van der Waals surface area contributed by atoms with Gasteiger partial charge in [-0.2, -0.15) is 0 Å². The third kappa shape index (κ3) is 4.54. The molecule has 1 atom stereocenters. The molecule has 1 heterocycles. The van der Waals surface area contributed by atoms with Gasteiger partial charge >= 0.3 is 5.97 Å². The number of carbonyl (C=O) groups is 3. The summed E-state index contributed by atoms with van der Waals surface area (Å²) in [4.78, 5) is 36.3. The normalized spacial score (nSPS) is 17.4. The second kappa shape index (κ2) is 7.59. The number of benzene rings is 1. The molecule has 7 heteroatoms. The number of amides is 2. The summed E-state index contributed by atoms with van der Waals surface area (Å²) in [5, 5.41) is 11.3. The van der Waals surface area contributed by atoms with Crippen molar-refractivity contribution in [3.63, 3.8) is 0 Å². The van der Waals surface area contributed by atoms with E-state index in [-0.39, 0.29) is 24.7 Å². The van der Waals surface area contributed by atoms with Gasteiger partial charge in [-0.05, 0) is 37.1 Å². The second-order valence-corrected chi connectivity index (χ2v) is 6.48. The van der Waals surface area contributed by atoms with Crippen molar-refractivity contribution >= 4 is 39.4 Å². The fraction of sp³-hybridized carbons (Fsp3) is 0.438. The Balaban J connectivity index is 1.92. The van der Waals surface area contributed by atoms with E-state index in [1.54, 1.807) is 4.90 Å². The number of nitrogens with one attached hydrogen (secondary N) is 1. The first-order valence-corrected chi connectivity index (χ1v) is 8.24. The lowest BCUT2D eigenvalue weighted by Crippen LogP contribution is -2.33. The fourth-order valence-electron chi connectivity index (χ4n) is 2.53. The monoisotopic (exact) mass is 382 g/mol. The van der Waals surface area contributed by atoms with Gasteiger partial charge in [0, 0.05) is 36.1 Å². The molecule has 1 fully saturated rings. The Bertz CT molecular complexity index is 633. The van der Waals surface area contributed by atoms with E-state index in [1.165, 1.54) is 0 Å². The van der Waals surface area contributed by atoms with E-state index in [0.717, 1.165) is 15.7 Å². The van der Waals surface area contributed by atoms with E-state index in [9.17, 15) is 14.4 Å². The van der Waals surface area contributed by atoms with E-state index >= 15 is 0 Å². The molecule has 6 nitrogen and oxygen atoms in total. The highest BCUT2D eigenvalue weighted by Gasteiger charge is 2.35. The molecular weight excluding hydrogens is 364 g/mol. The molecule has 1 aromatic rings. The molecule has 2 rings (SSSR count). The van der Waals surface area contributed by atoms with Gasteiger partial charge in [-0.15, -0.1) is 0 Å². The number of hydrogen-bond donors (Lipinski definition) is 2. The van der Waals surface area contributed by atoms with Crippen molar-refractivity contribution in [3.05, 3.63) is 28.2 Å². The van der Waals surface area contributed by atoms with Crippen molar-refractivity contribution in [2.45, 2.75) is 26.2 Å². The number of halogens is 1. The number of anilines is 1. The predicted octanol–water partition coefficient (Wildman–Crippen LogP) is 2.09. The van der Waals surface area contributed by atoms with Gasteiger partial charge < -0.3 is 15.3 Å². The minimum Gasteiger partial charge on any atom is -0.481 e. The molecule has 0 aliphatic carbocycles. The number of nitrogens with zero attached hydrogens (tertiary/aromatic N) is 1. The van der Waals surface area contributed by atoms with Gasteiger partial charge in [0.05, 0.1) is 5.92 Å². The number of carboxylic acid groups (broad SMARTS) is 1. The van der Waals surface area contributed by atoms with Crippen LogP contribution >= 0.6 is 15.9 Å². The summed E-state index contributed by atoms with van der Waals surface area (Å²) in [5.74, 6) is -1.54. The van der Waals surface area contributed by atoms with Crippen LogP contribution in [0.3, 0.4) is 0 Å². The Morgan fingerprint density at radius 2 is 2.17 bits per heavy atom. The number of aryl methyl sites for hydroxylation is 1. The van der Waals surface area contributed by atoms with Gasteiger partial charge in [0.1, 0.15) is 0 Å². The summed E-state index contributed by atoms with van der Waals surface area (Å²) in [6, 6.07) is 5.65. The van der Waals surface area contributed by atoms with Crippen LogP contribution in [0.15, 0.2) is 22.7 Å². The summed E-state index contributed by atoms with van der Waals surface area (Å²) < 4.78 is 0.973. The largest absolute Gasteiger partial charge is 0.481 e. The number of hydrogen-bond acceptors (Lipinski definition) is 3. The van der Waals surface area contributed by atoms with Crippen LogP contribution in [0.25, 0.3) is 0 Å². The van der Waals surface area contributed by atoms with Crippen molar-refractivity contribution < 1.29 is 19.5 Å². The molecule has 2 N–H and O–H groups in total. The SMILES string of the molecule is Cc1cc(N2CC(C(=O)NCCCC(=O)O)CC2=O)ccc1Br. The highest BCUT2D eigenvalue weighted by molar-refractivity contribution is 9.10. The molecule has 1 saturated heterocycles. The molecule has 1 aliphatic heterocycles. The zero-order valence-electron chi connectivity index (χ0n) is 12.8. The molecule has 0 radical (unpaired) electrons. The van der Waals surface area contributed by atoms with E-state index in [0.29, 0.717) is 19.5 Å². The van der Waals surface area contributed by atoms with Gasteiger partial charge in [-0.1, -0.05) is 15.9 Å². The van der Waals surface area contributed by atoms with E-state index < -0.39 is 11.9 Å². The quantitative estimate of drug-likeness (QED) is 0.737. The van der Waals surface area contributed by atoms with Crippen LogP contribution in [-0.2, 0) is 14.4 Å². The molecular formula is C16H19BrN2O4. The fourth-order valence-corrected chi connectivity index (χ4v) is 2.77. The molecule has 0 bridgehead atoms. The summed E-state index contributed by atoms with van der Waals surface area (Å²) in [6.07, 6.45) is 0.589. The summed E-state index contributed by atoms with van der Waals surface area (Å²) in [6.45, 7) is 2.61. The van der Waals surface area contributed by atoms with E-state index in [2.05, 4.69) is 21.2 Å². The van der Waals surface area contributed by atoms with Crippen LogP contribution < -0.4 is 10.2 Å². The first-order chi connectivity index (χ1) is 10.9. The Morgan fingerprint density at radius 1 is 1.43 bits per heavy atom. The van der Waals surface area contributed by atoms with Gasteiger partial charge in [0.25, 0.3) is 0 Å². The highest BCUT2D eigenvalue weighted by atomic mass is 79.9.